The number of hydrogen-bond acceptors (Lipinski definition) is 2. The van der Waals surface area contributed by atoms with E-state index >= 15 is 0 Å². The maximum Gasteiger partial charge on any atom is 0.0708 e. The number of nitrogens with one attached hydrogen (secondary N) is 1. The lowest BCUT2D eigenvalue weighted by Gasteiger charge is -2.33. The maximum absolute atomic E-state index is 6.38. The van der Waals surface area contributed by atoms with Gasteiger partial charge in [0.2, 0.25) is 0 Å². The van der Waals surface area contributed by atoms with Crippen molar-refractivity contribution in [1.82, 2.24) is 5.32 Å². The zero-order valence-corrected chi connectivity index (χ0v) is 12.6. The molecule has 1 unspecified atom stereocenters. The summed E-state index contributed by atoms with van der Waals surface area (Å²) >= 11 is 0. The first-order valence-corrected chi connectivity index (χ1v) is 8.10. The topological polar surface area (TPSA) is 21.3 Å². The van der Waals surface area contributed by atoms with Crippen molar-refractivity contribution in [3.8, 4) is 0 Å². The third-order valence-electron chi connectivity index (χ3n) is 5.59. The second-order valence-corrected chi connectivity index (χ2v) is 6.39. The average molecular weight is 253 g/mol. The van der Waals surface area contributed by atoms with Crippen LogP contribution in [0.4, 0.5) is 0 Å². The Balaban J connectivity index is 1.81. The quantitative estimate of drug-likeness (QED) is 0.771. The second-order valence-electron chi connectivity index (χ2n) is 6.39. The molecular weight excluding hydrogens is 222 g/mol. The van der Waals surface area contributed by atoms with Crippen molar-refractivity contribution in [2.24, 2.45) is 0 Å². The van der Waals surface area contributed by atoms with Crippen LogP contribution in [0.3, 0.4) is 0 Å². The first kappa shape index (κ1) is 14.3. The molecule has 1 N–H and O–H groups in total. The van der Waals surface area contributed by atoms with Gasteiger partial charge in [-0.3, -0.25) is 0 Å². The van der Waals surface area contributed by atoms with Crippen LogP contribution in [0, 0.1) is 0 Å². The molecule has 1 spiro atoms. The van der Waals surface area contributed by atoms with Gasteiger partial charge in [0.25, 0.3) is 0 Å². The molecule has 1 saturated carbocycles. The van der Waals surface area contributed by atoms with Gasteiger partial charge < -0.3 is 10.1 Å². The SMILES string of the molecule is CCC(CC)(CC)NCC1CCC2(CCCC2)O1. The summed E-state index contributed by atoms with van der Waals surface area (Å²) in [5.41, 5.74) is 0.633. The minimum atomic E-state index is 0.291. The highest BCUT2D eigenvalue weighted by Crippen LogP contribution is 2.43. The fraction of sp³-hybridized carbons (Fsp3) is 1.00. The van der Waals surface area contributed by atoms with E-state index in [2.05, 4.69) is 26.1 Å². The Morgan fingerprint density at radius 2 is 1.67 bits per heavy atom. The molecule has 18 heavy (non-hydrogen) atoms. The molecule has 0 aromatic heterocycles. The fourth-order valence-electron chi connectivity index (χ4n) is 3.88. The predicted molar refractivity (Wildman–Crippen MR) is 76.9 cm³/mol. The van der Waals surface area contributed by atoms with Crippen molar-refractivity contribution >= 4 is 0 Å². The number of ether oxygens (including phenoxy) is 1. The predicted octanol–water partition coefficient (Wildman–Crippen LogP) is 4.04. The van der Waals surface area contributed by atoms with Crippen LogP contribution in [0.5, 0.6) is 0 Å². The summed E-state index contributed by atoms with van der Waals surface area (Å²) in [6.45, 7) is 7.95. The van der Waals surface area contributed by atoms with Crippen LogP contribution in [0.2, 0.25) is 0 Å². The van der Waals surface area contributed by atoms with Gasteiger partial charge in [-0.15, -0.1) is 0 Å². The molecule has 1 saturated heterocycles. The Morgan fingerprint density at radius 3 is 2.22 bits per heavy atom. The first-order valence-electron chi connectivity index (χ1n) is 8.10. The fourth-order valence-corrected chi connectivity index (χ4v) is 3.88. The van der Waals surface area contributed by atoms with Crippen molar-refractivity contribution in [3.63, 3.8) is 0 Å². The van der Waals surface area contributed by atoms with Crippen molar-refractivity contribution < 1.29 is 4.74 Å². The van der Waals surface area contributed by atoms with Gasteiger partial charge in [0.1, 0.15) is 0 Å². The summed E-state index contributed by atoms with van der Waals surface area (Å²) in [5.74, 6) is 0. The molecule has 1 aliphatic carbocycles. The minimum absolute atomic E-state index is 0.291. The van der Waals surface area contributed by atoms with Gasteiger partial charge in [-0.2, -0.15) is 0 Å². The molecule has 106 valence electrons. The van der Waals surface area contributed by atoms with Crippen molar-refractivity contribution in [1.29, 1.82) is 0 Å². The van der Waals surface area contributed by atoms with E-state index in [9.17, 15) is 0 Å². The molecule has 1 heterocycles. The Hall–Kier alpha value is -0.0800. The van der Waals surface area contributed by atoms with Gasteiger partial charge in [0.15, 0.2) is 0 Å². The Bertz CT molecular complexity index is 246. The van der Waals surface area contributed by atoms with Crippen LogP contribution >= 0.6 is 0 Å². The number of hydrogen-bond donors (Lipinski definition) is 1. The summed E-state index contributed by atoms with van der Waals surface area (Å²) in [5, 5.41) is 3.81. The largest absolute Gasteiger partial charge is 0.370 e. The van der Waals surface area contributed by atoms with Crippen LogP contribution in [-0.4, -0.2) is 23.8 Å². The van der Waals surface area contributed by atoms with Crippen LogP contribution < -0.4 is 5.32 Å². The van der Waals surface area contributed by atoms with Gasteiger partial charge in [0, 0.05) is 12.1 Å². The highest BCUT2D eigenvalue weighted by molar-refractivity contribution is 4.94. The molecule has 1 aliphatic heterocycles. The molecule has 2 rings (SSSR count). The van der Waals surface area contributed by atoms with E-state index in [0.29, 0.717) is 17.2 Å². The van der Waals surface area contributed by atoms with Gasteiger partial charge in [-0.1, -0.05) is 33.6 Å². The minimum Gasteiger partial charge on any atom is -0.370 e. The zero-order chi connectivity index (χ0) is 13.1. The van der Waals surface area contributed by atoms with Crippen LogP contribution in [0.15, 0.2) is 0 Å². The molecule has 2 fully saturated rings. The first-order chi connectivity index (χ1) is 8.67. The van der Waals surface area contributed by atoms with Crippen molar-refractivity contribution in [2.45, 2.75) is 95.8 Å². The van der Waals surface area contributed by atoms with Gasteiger partial charge >= 0.3 is 0 Å². The maximum atomic E-state index is 6.38. The summed E-state index contributed by atoms with van der Waals surface area (Å²) in [7, 11) is 0. The molecule has 0 aromatic rings. The Labute approximate surface area is 113 Å². The molecule has 0 bridgehead atoms. The standard InChI is InChI=1S/C16H31NO/c1-4-15(5-2,6-3)17-13-14-9-12-16(18-14)10-7-8-11-16/h14,17H,4-13H2,1-3H3. The Kier molecular flexibility index (Phi) is 4.71. The highest BCUT2D eigenvalue weighted by Gasteiger charge is 2.42. The third kappa shape index (κ3) is 2.91. The van der Waals surface area contributed by atoms with Crippen LogP contribution in [0.25, 0.3) is 0 Å². The van der Waals surface area contributed by atoms with Gasteiger partial charge in [0.05, 0.1) is 11.7 Å². The Morgan fingerprint density at radius 1 is 1.06 bits per heavy atom. The molecule has 0 amide bonds. The molecule has 2 aliphatic rings. The zero-order valence-electron chi connectivity index (χ0n) is 12.6. The van der Waals surface area contributed by atoms with E-state index in [-0.39, 0.29) is 0 Å². The number of rotatable bonds is 6. The average Bonchev–Trinajstić information content (AvgIpc) is 3.03. The summed E-state index contributed by atoms with van der Waals surface area (Å²) in [6.07, 6.45) is 12.1. The lowest BCUT2D eigenvalue weighted by molar-refractivity contribution is -0.0378. The lowest BCUT2D eigenvalue weighted by Crippen LogP contribution is -2.47. The van der Waals surface area contributed by atoms with Gasteiger partial charge in [-0.25, -0.2) is 0 Å². The summed E-state index contributed by atoms with van der Waals surface area (Å²) < 4.78 is 6.38. The molecule has 2 nitrogen and oxygen atoms in total. The van der Waals surface area contributed by atoms with E-state index in [4.69, 9.17) is 4.74 Å². The van der Waals surface area contributed by atoms with Crippen molar-refractivity contribution in [2.75, 3.05) is 6.54 Å². The lowest BCUT2D eigenvalue weighted by atomic mass is 9.89. The molecule has 1 atom stereocenters. The molecular formula is C16H31NO. The molecule has 0 aromatic carbocycles. The van der Waals surface area contributed by atoms with E-state index in [1.54, 1.807) is 0 Å². The van der Waals surface area contributed by atoms with Crippen molar-refractivity contribution in [3.05, 3.63) is 0 Å². The van der Waals surface area contributed by atoms with E-state index in [0.717, 1.165) is 6.54 Å². The smallest absolute Gasteiger partial charge is 0.0708 e. The van der Waals surface area contributed by atoms with Crippen LogP contribution in [0.1, 0.15) is 78.6 Å². The molecule has 2 heteroatoms. The normalized spacial score (nSPS) is 27.2. The summed E-state index contributed by atoms with van der Waals surface area (Å²) in [6, 6.07) is 0. The second kappa shape index (κ2) is 5.92. The van der Waals surface area contributed by atoms with E-state index in [1.807, 2.05) is 0 Å². The third-order valence-corrected chi connectivity index (χ3v) is 5.59. The van der Waals surface area contributed by atoms with Crippen LogP contribution in [-0.2, 0) is 4.74 Å². The monoisotopic (exact) mass is 253 g/mol. The van der Waals surface area contributed by atoms with Gasteiger partial charge in [-0.05, 0) is 44.9 Å². The van der Waals surface area contributed by atoms with E-state index in [1.165, 1.54) is 57.8 Å². The molecule has 0 radical (unpaired) electrons. The highest BCUT2D eigenvalue weighted by atomic mass is 16.5. The van der Waals surface area contributed by atoms with E-state index < -0.39 is 0 Å². The summed E-state index contributed by atoms with van der Waals surface area (Å²) in [4.78, 5) is 0.